The van der Waals surface area contributed by atoms with Gasteiger partial charge in [-0.05, 0) is 42.0 Å². The predicted octanol–water partition coefficient (Wildman–Crippen LogP) is 5.40. The molecule has 0 aliphatic rings. The molecule has 0 radical (unpaired) electrons. The number of fused-ring (bicyclic) bond motifs is 1. The standard InChI is InChI=1S/C23H18ClF3N6O/c1-32(21-18-7-6-16(24)10-19(18)33(13-28)22(29)31-21)17-4-2-3-14(9-17)15-5-8-20(30-11-15)34-12-23(25,26)27/h2-11,13,28-29H,12H2,1H3. The lowest BCUT2D eigenvalue weighted by atomic mass is 10.1. The molecule has 11 heteroatoms. The minimum atomic E-state index is -4.43. The number of anilines is 2. The van der Waals surface area contributed by atoms with Gasteiger partial charge in [0.2, 0.25) is 11.5 Å². The van der Waals surface area contributed by atoms with E-state index in [1.807, 2.05) is 24.3 Å². The molecule has 0 spiro atoms. The van der Waals surface area contributed by atoms with Crippen molar-refractivity contribution >= 4 is 40.3 Å². The molecule has 34 heavy (non-hydrogen) atoms. The normalized spacial score (nSPS) is 11.4. The summed E-state index contributed by atoms with van der Waals surface area (Å²) in [5, 5.41) is 17.0. The van der Waals surface area contributed by atoms with Crippen molar-refractivity contribution in [1.29, 1.82) is 10.8 Å². The smallest absolute Gasteiger partial charge is 0.422 e. The quantitative estimate of drug-likeness (QED) is 0.282. The van der Waals surface area contributed by atoms with E-state index in [4.69, 9.17) is 22.4 Å². The minimum Gasteiger partial charge on any atom is -0.468 e. The zero-order valence-electron chi connectivity index (χ0n) is 17.8. The number of benzene rings is 2. The Labute approximate surface area is 197 Å². The van der Waals surface area contributed by atoms with Crippen molar-refractivity contribution in [2.24, 2.45) is 0 Å². The Morgan fingerprint density at radius 1 is 1.12 bits per heavy atom. The molecule has 0 saturated heterocycles. The molecule has 0 amide bonds. The first-order valence-electron chi connectivity index (χ1n) is 9.93. The third-order valence-corrected chi connectivity index (χ3v) is 5.27. The molecule has 2 aromatic heterocycles. The molecule has 0 atom stereocenters. The zero-order chi connectivity index (χ0) is 24.5. The summed E-state index contributed by atoms with van der Waals surface area (Å²) in [7, 11) is 1.80. The number of pyridine rings is 1. The van der Waals surface area contributed by atoms with Gasteiger partial charge < -0.3 is 9.64 Å². The summed E-state index contributed by atoms with van der Waals surface area (Å²) < 4.78 is 43.0. The third kappa shape index (κ3) is 4.86. The van der Waals surface area contributed by atoms with Gasteiger partial charge in [-0.3, -0.25) is 15.4 Å². The Balaban J connectivity index is 1.68. The fourth-order valence-electron chi connectivity index (χ4n) is 3.42. The molecule has 0 unspecified atom stereocenters. The van der Waals surface area contributed by atoms with Gasteiger partial charge in [0.1, 0.15) is 5.82 Å². The molecular formula is C23H18ClF3N6O. The summed E-state index contributed by atoms with van der Waals surface area (Å²) in [6, 6.07) is 15.6. The lowest BCUT2D eigenvalue weighted by Gasteiger charge is -2.22. The van der Waals surface area contributed by atoms with E-state index in [-0.39, 0.29) is 11.5 Å². The highest BCUT2D eigenvalue weighted by atomic mass is 35.5. The Morgan fingerprint density at radius 3 is 2.59 bits per heavy atom. The second-order valence-electron chi connectivity index (χ2n) is 7.32. The second kappa shape index (κ2) is 9.14. The molecule has 4 aromatic rings. The van der Waals surface area contributed by atoms with E-state index in [2.05, 4.69) is 14.7 Å². The molecule has 0 bridgehead atoms. The van der Waals surface area contributed by atoms with Crippen LogP contribution in [0.2, 0.25) is 5.02 Å². The van der Waals surface area contributed by atoms with Crippen LogP contribution in [0.15, 0.2) is 60.8 Å². The van der Waals surface area contributed by atoms with Crippen LogP contribution >= 0.6 is 11.6 Å². The average molecular weight is 487 g/mol. The molecule has 4 rings (SSSR count). The highest BCUT2D eigenvalue weighted by Gasteiger charge is 2.28. The molecule has 174 valence electrons. The average Bonchev–Trinajstić information content (AvgIpc) is 2.81. The number of nitrogens with zero attached hydrogens (tertiary/aromatic N) is 4. The van der Waals surface area contributed by atoms with Gasteiger partial charge in [-0.25, -0.2) is 4.98 Å². The number of alkyl halides is 3. The summed E-state index contributed by atoms with van der Waals surface area (Å²) in [6.07, 6.45) is -1.98. The van der Waals surface area contributed by atoms with E-state index < -0.39 is 12.8 Å². The largest absolute Gasteiger partial charge is 0.468 e. The van der Waals surface area contributed by atoms with Crippen molar-refractivity contribution in [1.82, 2.24) is 14.5 Å². The van der Waals surface area contributed by atoms with Crippen LogP contribution < -0.4 is 15.3 Å². The van der Waals surface area contributed by atoms with Crippen LogP contribution in [0.25, 0.3) is 22.0 Å². The van der Waals surface area contributed by atoms with Gasteiger partial charge in [-0.1, -0.05) is 23.7 Å². The molecule has 2 heterocycles. The zero-order valence-corrected chi connectivity index (χ0v) is 18.5. The fraction of sp³-hybridized carbons (Fsp3) is 0.130. The van der Waals surface area contributed by atoms with Gasteiger partial charge in [-0.15, -0.1) is 0 Å². The monoisotopic (exact) mass is 486 g/mol. The summed E-state index contributed by atoms with van der Waals surface area (Å²) in [5.41, 5.74) is 2.67. The first kappa shape index (κ1) is 23.2. The van der Waals surface area contributed by atoms with Crippen molar-refractivity contribution in [2.45, 2.75) is 6.18 Å². The fourth-order valence-corrected chi connectivity index (χ4v) is 3.58. The van der Waals surface area contributed by atoms with E-state index in [9.17, 15) is 13.2 Å². The number of aromatic nitrogens is 3. The van der Waals surface area contributed by atoms with Gasteiger partial charge in [0.05, 0.1) is 11.9 Å². The topological polar surface area (TPSA) is 90.9 Å². The van der Waals surface area contributed by atoms with Crippen LogP contribution in [0.5, 0.6) is 5.88 Å². The number of halogens is 4. The van der Waals surface area contributed by atoms with Crippen molar-refractivity contribution < 1.29 is 17.9 Å². The molecule has 0 fully saturated rings. The molecule has 0 saturated carbocycles. The van der Waals surface area contributed by atoms with Crippen molar-refractivity contribution in [2.75, 3.05) is 18.6 Å². The van der Waals surface area contributed by atoms with Crippen LogP contribution in [-0.4, -0.2) is 40.7 Å². The van der Waals surface area contributed by atoms with E-state index in [0.717, 1.165) is 17.6 Å². The SMILES string of the molecule is CN(c1cccc(-c2ccc(OCC(F)(F)F)nc2)c1)c1nc(=N)n(C=N)c2cc(Cl)ccc12. The van der Waals surface area contributed by atoms with Crippen molar-refractivity contribution in [3.05, 3.63) is 71.4 Å². The van der Waals surface area contributed by atoms with Gasteiger partial charge in [0.15, 0.2) is 6.61 Å². The highest BCUT2D eigenvalue weighted by Crippen LogP contribution is 2.32. The highest BCUT2D eigenvalue weighted by molar-refractivity contribution is 6.31. The summed E-state index contributed by atoms with van der Waals surface area (Å²) in [5.74, 6) is 0.386. The Morgan fingerprint density at radius 2 is 1.91 bits per heavy atom. The number of hydrogen-bond donors (Lipinski definition) is 2. The van der Waals surface area contributed by atoms with Gasteiger partial charge in [-0.2, -0.15) is 18.2 Å². The number of hydrogen-bond acceptors (Lipinski definition) is 6. The molecule has 0 aliphatic heterocycles. The Hall–Kier alpha value is -3.92. The van der Waals surface area contributed by atoms with Gasteiger partial charge in [0, 0.05) is 41.0 Å². The number of ether oxygens (including phenoxy) is 1. The first-order chi connectivity index (χ1) is 16.2. The summed E-state index contributed by atoms with van der Waals surface area (Å²) in [6.45, 7) is -1.40. The van der Waals surface area contributed by atoms with E-state index in [1.54, 1.807) is 36.2 Å². The van der Waals surface area contributed by atoms with Crippen LogP contribution in [0.3, 0.4) is 0 Å². The third-order valence-electron chi connectivity index (χ3n) is 5.03. The maximum Gasteiger partial charge on any atom is 0.422 e. The molecule has 7 nitrogen and oxygen atoms in total. The van der Waals surface area contributed by atoms with Gasteiger partial charge in [0.25, 0.3) is 0 Å². The van der Waals surface area contributed by atoms with Crippen LogP contribution in [0.4, 0.5) is 24.7 Å². The van der Waals surface area contributed by atoms with E-state index in [0.29, 0.717) is 27.3 Å². The first-order valence-corrected chi connectivity index (χ1v) is 10.3. The van der Waals surface area contributed by atoms with E-state index >= 15 is 0 Å². The molecule has 0 aliphatic carbocycles. The summed E-state index contributed by atoms with van der Waals surface area (Å²) >= 11 is 6.14. The predicted molar refractivity (Wildman–Crippen MR) is 124 cm³/mol. The van der Waals surface area contributed by atoms with Crippen LogP contribution in [0, 0.1) is 10.8 Å². The van der Waals surface area contributed by atoms with Crippen molar-refractivity contribution in [3.8, 4) is 17.0 Å². The molecule has 2 aromatic carbocycles. The second-order valence-corrected chi connectivity index (χ2v) is 7.75. The summed E-state index contributed by atoms with van der Waals surface area (Å²) in [4.78, 5) is 10.1. The minimum absolute atomic E-state index is 0.115. The van der Waals surface area contributed by atoms with Crippen molar-refractivity contribution in [3.63, 3.8) is 0 Å². The van der Waals surface area contributed by atoms with Crippen LogP contribution in [-0.2, 0) is 0 Å². The Kier molecular flexibility index (Phi) is 6.25. The Bertz CT molecular complexity index is 1420. The van der Waals surface area contributed by atoms with Crippen LogP contribution in [0.1, 0.15) is 0 Å². The molecular weight excluding hydrogens is 469 g/mol. The lowest BCUT2D eigenvalue weighted by molar-refractivity contribution is -0.154. The maximum atomic E-state index is 12.3. The van der Waals surface area contributed by atoms with Gasteiger partial charge >= 0.3 is 6.18 Å². The number of nitrogens with one attached hydrogen (secondary N) is 2. The maximum absolute atomic E-state index is 12.3. The lowest BCUT2D eigenvalue weighted by Crippen LogP contribution is -2.26. The number of rotatable bonds is 6. The van der Waals surface area contributed by atoms with E-state index in [1.165, 1.54) is 16.8 Å². The molecule has 2 N–H and O–H groups in total.